The van der Waals surface area contributed by atoms with Crippen LogP contribution in [0.3, 0.4) is 0 Å². The van der Waals surface area contributed by atoms with E-state index in [2.05, 4.69) is 10.3 Å². The van der Waals surface area contributed by atoms with Crippen molar-refractivity contribution in [1.82, 2.24) is 5.32 Å². The third-order valence-corrected chi connectivity index (χ3v) is 5.17. The first-order valence-corrected chi connectivity index (χ1v) is 7.88. The molecule has 0 atom stereocenters. The number of hydrogen-bond donors (Lipinski definition) is 2. The Bertz CT molecular complexity index is 324. The summed E-state index contributed by atoms with van der Waals surface area (Å²) in [5, 5.41) is 4.45. The van der Waals surface area contributed by atoms with E-state index in [9.17, 15) is 4.79 Å². The standard InChI is InChI=1S/C13H23N3OS/c14-11(17)5-1-4-8-15-12-16-9-13(10-18-12)6-2-3-7-13/h1-10H2,(H2,14,17)(H,15,16). The molecule has 1 amide bonds. The number of thioether (sulfide) groups is 1. The molecule has 1 heterocycles. The zero-order valence-electron chi connectivity index (χ0n) is 10.9. The Hall–Kier alpha value is -0.710. The second-order valence-corrected chi connectivity index (χ2v) is 6.43. The van der Waals surface area contributed by atoms with Crippen molar-refractivity contribution < 1.29 is 4.79 Å². The number of carbonyl (C=O) groups is 1. The summed E-state index contributed by atoms with van der Waals surface area (Å²) in [5.74, 6) is 1.02. The molecule has 0 saturated heterocycles. The smallest absolute Gasteiger partial charge is 0.217 e. The average Bonchev–Trinajstić information content (AvgIpc) is 2.80. The highest BCUT2D eigenvalue weighted by Gasteiger charge is 2.36. The van der Waals surface area contributed by atoms with Crippen LogP contribution < -0.4 is 11.1 Å². The minimum Gasteiger partial charge on any atom is -0.370 e. The fourth-order valence-corrected chi connectivity index (χ4v) is 3.89. The van der Waals surface area contributed by atoms with Gasteiger partial charge in [0.05, 0.1) is 0 Å². The summed E-state index contributed by atoms with van der Waals surface area (Å²) in [6.07, 6.45) is 7.81. The van der Waals surface area contributed by atoms with Gasteiger partial charge in [-0.1, -0.05) is 24.6 Å². The van der Waals surface area contributed by atoms with Gasteiger partial charge in [-0.3, -0.25) is 9.79 Å². The van der Waals surface area contributed by atoms with Gasteiger partial charge >= 0.3 is 0 Å². The Morgan fingerprint density at radius 1 is 1.39 bits per heavy atom. The summed E-state index contributed by atoms with van der Waals surface area (Å²) in [7, 11) is 0. The number of carbonyl (C=O) groups excluding carboxylic acids is 1. The highest BCUT2D eigenvalue weighted by atomic mass is 32.2. The molecule has 0 aromatic heterocycles. The SMILES string of the molecule is NC(=O)CCCCNC1=NCC2(CCCC2)CS1. The number of amidine groups is 1. The number of nitrogens with one attached hydrogen (secondary N) is 1. The Morgan fingerprint density at radius 2 is 2.17 bits per heavy atom. The van der Waals surface area contributed by atoms with E-state index in [0.29, 0.717) is 11.8 Å². The fourth-order valence-electron chi connectivity index (χ4n) is 2.71. The van der Waals surface area contributed by atoms with Crippen LogP contribution in [0.2, 0.25) is 0 Å². The normalized spacial score (nSPS) is 21.9. The first-order valence-electron chi connectivity index (χ1n) is 6.90. The molecule has 1 aliphatic carbocycles. The van der Waals surface area contributed by atoms with Gasteiger partial charge in [-0.25, -0.2) is 0 Å². The molecule has 0 bridgehead atoms. The maximum absolute atomic E-state index is 10.6. The molecule has 18 heavy (non-hydrogen) atoms. The Morgan fingerprint density at radius 3 is 2.78 bits per heavy atom. The van der Waals surface area contributed by atoms with Gasteiger partial charge in [0.25, 0.3) is 0 Å². The fraction of sp³-hybridized carbons (Fsp3) is 0.846. The van der Waals surface area contributed by atoms with Crippen LogP contribution in [0.25, 0.3) is 0 Å². The first-order chi connectivity index (χ1) is 8.70. The lowest BCUT2D eigenvalue weighted by Gasteiger charge is -2.31. The van der Waals surface area contributed by atoms with Crippen molar-refractivity contribution >= 4 is 22.8 Å². The van der Waals surface area contributed by atoms with Crippen LogP contribution in [0.1, 0.15) is 44.9 Å². The van der Waals surface area contributed by atoms with Gasteiger partial charge in [-0.05, 0) is 31.1 Å². The van der Waals surface area contributed by atoms with Crippen LogP contribution in [0, 0.1) is 5.41 Å². The summed E-state index contributed by atoms with van der Waals surface area (Å²) in [4.78, 5) is 15.3. The highest BCUT2D eigenvalue weighted by Crippen LogP contribution is 2.43. The summed E-state index contributed by atoms with van der Waals surface area (Å²) in [6.45, 7) is 1.90. The van der Waals surface area contributed by atoms with Crippen LogP contribution in [-0.2, 0) is 4.79 Å². The largest absolute Gasteiger partial charge is 0.370 e. The Balaban J connectivity index is 1.63. The molecule has 5 heteroatoms. The number of hydrogen-bond acceptors (Lipinski definition) is 4. The van der Waals surface area contributed by atoms with Crippen LogP contribution >= 0.6 is 11.8 Å². The van der Waals surface area contributed by atoms with Gasteiger partial charge in [0, 0.05) is 25.3 Å². The monoisotopic (exact) mass is 269 g/mol. The second kappa shape index (κ2) is 6.45. The summed E-state index contributed by atoms with van der Waals surface area (Å²) in [5.41, 5.74) is 5.61. The van der Waals surface area contributed by atoms with E-state index in [1.54, 1.807) is 0 Å². The van der Waals surface area contributed by atoms with E-state index in [1.165, 1.54) is 31.4 Å². The number of nitrogens with two attached hydrogens (primary N) is 1. The minimum absolute atomic E-state index is 0.206. The second-order valence-electron chi connectivity index (χ2n) is 5.47. The topological polar surface area (TPSA) is 67.5 Å². The van der Waals surface area contributed by atoms with Crippen molar-refractivity contribution in [2.24, 2.45) is 16.1 Å². The molecular formula is C13H23N3OS. The van der Waals surface area contributed by atoms with E-state index in [-0.39, 0.29) is 5.91 Å². The van der Waals surface area contributed by atoms with Crippen molar-refractivity contribution in [3.63, 3.8) is 0 Å². The van der Waals surface area contributed by atoms with E-state index in [0.717, 1.165) is 31.1 Å². The minimum atomic E-state index is -0.206. The van der Waals surface area contributed by atoms with Gasteiger partial charge in [0.2, 0.25) is 5.91 Å². The Labute approximate surface area is 113 Å². The number of nitrogens with zero attached hydrogens (tertiary/aromatic N) is 1. The molecule has 1 aliphatic heterocycles. The predicted molar refractivity (Wildman–Crippen MR) is 76.7 cm³/mol. The highest BCUT2D eigenvalue weighted by molar-refractivity contribution is 8.13. The lowest BCUT2D eigenvalue weighted by Crippen LogP contribution is -2.33. The number of unbranched alkanes of at least 4 members (excludes halogenated alkanes) is 1. The molecule has 1 spiro atoms. The zero-order valence-corrected chi connectivity index (χ0v) is 11.7. The molecule has 0 unspecified atom stereocenters. The van der Waals surface area contributed by atoms with Crippen molar-refractivity contribution in [2.75, 3.05) is 18.8 Å². The molecule has 2 rings (SSSR count). The number of amides is 1. The lowest BCUT2D eigenvalue weighted by atomic mass is 9.89. The molecule has 0 radical (unpaired) electrons. The van der Waals surface area contributed by atoms with E-state index in [4.69, 9.17) is 5.73 Å². The van der Waals surface area contributed by atoms with E-state index >= 15 is 0 Å². The molecule has 2 aliphatic rings. The van der Waals surface area contributed by atoms with Gasteiger partial charge < -0.3 is 11.1 Å². The molecule has 1 saturated carbocycles. The van der Waals surface area contributed by atoms with Crippen molar-refractivity contribution in [1.29, 1.82) is 0 Å². The van der Waals surface area contributed by atoms with E-state index < -0.39 is 0 Å². The first kappa shape index (κ1) is 13.7. The summed E-state index contributed by atoms with van der Waals surface area (Å²) in [6, 6.07) is 0. The third kappa shape index (κ3) is 3.90. The summed E-state index contributed by atoms with van der Waals surface area (Å²) < 4.78 is 0. The van der Waals surface area contributed by atoms with Crippen LogP contribution in [-0.4, -0.2) is 29.9 Å². The van der Waals surface area contributed by atoms with Crippen LogP contribution in [0.5, 0.6) is 0 Å². The summed E-state index contributed by atoms with van der Waals surface area (Å²) >= 11 is 1.87. The van der Waals surface area contributed by atoms with Gasteiger partial charge in [0.1, 0.15) is 0 Å². The quantitative estimate of drug-likeness (QED) is 0.749. The van der Waals surface area contributed by atoms with Crippen LogP contribution in [0.4, 0.5) is 0 Å². The van der Waals surface area contributed by atoms with Gasteiger partial charge in [-0.2, -0.15) is 0 Å². The number of aliphatic imine (C=N–C) groups is 1. The maximum atomic E-state index is 10.6. The molecular weight excluding hydrogens is 246 g/mol. The average molecular weight is 269 g/mol. The molecule has 1 fully saturated rings. The van der Waals surface area contributed by atoms with E-state index in [1.807, 2.05) is 11.8 Å². The maximum Gasteiger partial charge on any atom is 0.217 e. The zero-order chi connectivity index (χ0) is 12.8. The third-order valence-electron chi connectivity index (χ3n) is 3.86. The lowest BCUT2D eigenvalue weighted by molar-refractivity contribution is -0.118. The van der Waals surface area contributed by atoms with Gasteiger partial charge in [0.15, 0.2) is 5.17 Å². The molecule has 3 N–H and O–H groups in total. The van der Waals surface area contributed by atoms with Crippen molar-refractivity contribution in [3.8, 4) is 0 Å². The number of primary amides is 1. The molecule has 0 aromatic carbocycles. The molecule has 0 aromatic rings. The van der Waals surface area contributed by atoms with Crippen molar-refractivity contribution in [3.05, 3.63) is 0 Å². The molecule has 4 nitrogen and oxygen atoms in total. The van der Waals surface area contributed by atoms with Gasteiger partial charge in [-0.15, -0.1) is 0 Å². The molecule has 102 valence electrons. The Kier molecular flexibility index (Phi) is 4.92. The number of rotatable bonds is 5. The van der Waals surface area contributed by atoms with Crippen LogP contribution in [0.15, 0.2) is 4.99 Å². The van der Waals surface area contributed by atoms with Crippen molar-refractivity contribution in [2.45, 2.75) is 44.9 Å². The predicted octanol–water partition coefficient (Wildman–Crippen LogP) is 1.89.